The fraction of sp³-hybridized carbons (Fsp3) is 0. The van der Waals surface area contributed by atoms with Gasteiger partial charge in [-0.05, 0) is 0 Å². The summed E-state index contributed by atoms with van der Waals surface area (Å²) in [5.74, 6) is 0. The summed E-state index contributed by atoms with van der Waals surface area (Å²) < 4.78 is 0. The van der Waals surface area contributed by atoms with Crippen LogP contribution in [-0.2, 0) is 5.62 Å². The summed E-state index contributed by atoms with van der Waals surface area (Å²) in [5, 5.41) is 0. The molecule has 0 aliphatic heterocycles. The Hall–Kier alpha value is 6.04. The van der Waals surface area contributed by atoms with Crippen LogP contribution in [0.4, 0.5) is 0 Å². The molecule has 0 atom stereocenters. The van der Waals surface area contributed by atoms with Crippen LogP contribution in [0.1, 0.15) is 0 Å². The molecule has 0 spiro atoms. The van der Waals surface area contributed by atoms with Gasteiger partial charge in [0.25, 0.3) is 0 Å². The summed E-state index contributed by atoms with van der Waals surface area (Å²) in [6.45, 7) is 0. The SMILES string of the molecule is [Cl][Nb-2]([Cl])([Cl])([Cl])([Cl])([Cl])[Cl].[K+].[K+]. The third-order valence-electron chi connectivity index (χ3n) is 0. The zero-order valence-electron chi connectivity index (χ0n) is 5.09. The van der Waals surface area contributed by atoms with Crippen molar-refractivity contribution < 1.29 is 108 Å². The summed E-state index contributed by atoms with van der Waals surface area (Å²) in [7, 11) is 35.5. The summed E-state index contributed by atoms with van der Waals surface area (Å²) in [6.07, 6.45) is 0. The molecular formula is Cl7K2Nb. The minimum atomic E-state index is -6.49. The van der Waals surface area contributed by atoms with Gasteiger partial charge in [0.15, 0.2) is 0 Å². The molecule has 0 aromatic rings. The summed E-state index contributed by atoms with van der Waals surface area (Å²) >= 11 is 0. The third kappa shape index (κ3) is 65.4. The first-order valence-electron chi connectivity index (χ1n) is 1.18. The van der Waals surface area contributed by atoms with Gasteiger partial charge in [0.05, 0.1) is 0 Å². The molecule has 0 saturated carbocycles. The Balaban J connectivity index is -0.000000245. The molecule has 0 aliphatic carbocycles. The molecular weight excluding hydrogens is 419 g/mol. The van der Waals surface area contributed by atoms with E-state index in [9.17, 15) is 0 Å². The van der Waals surface area contributed by atoms with E-state index in [1.807, 2.05) is 0 Å². The van der Waals surface area contributed by atoms with Crippen molar-refractivity contribution in [2.24, 2.45) is 0 Å². The monoisotopic (exact) mass is 416 g/mol. The molecule has 56 valence electrons. The van der Waals surface area contributed by atoms with Crippen LogP contribution in [0.2, 0.25) is 0 Å². The van der Waals surface area contributed by atoms with Crippen molar-refractivity contribution in [1.82, 2.24) is 0 Å². The maximum atomic E-state index is 5.07. The van der Waals surface area contributed by atoms with E-state index in [0.717, 1.165) is 0 Å². The van der Waals surface area contributed by atoms with E-state index in [4.69, 9.17) is 64.3 Å². The van der Waals surface area contributed by atoms with Crippen molar-refractivity contribution >= 4 is 64.3 Å². The molecule has 0 radical (unpaired) electrons. The molecule has 0 rings (SSSR count). The molecule has 0 heterocycles. The van der Waals surface area contributed by atoms with E-state index in [-0.39, 0.29) is 103 Å². The molecule has 0 saturated heterocycles. The van der Waals surface area contributed by atoms with E-state index in [1.165, 1.54) is 0 Å². The molecule has 10 heavy (non-hydrogen) atoms. The number of halogens is 7. The van der Waals surface area contributed by atoms with Crippen molar-refractivity contribution in [3.05, 3.63) is 0 Å². The molecule has 0 nitrogen and oxygen atoms in total. The average molecular weight is 419 g/mol. The van der Waals surface area contributed by atoms with Crippen LogP contribution in [-0.4, -0.2) is 0 Å². The second-order valence-electron chi connectivity index (χ2n) is 1.34. The zero-order chi connectivity index (χ0) is 7.38. The predicted molar refractivity (Wildman–Crippen MR) is 41.0 cm³/mol. The van der Waals surface area contributed by atoms with Crippen LogP contribution in [0.15, 0.2) is 0 Å². The van der Waals surface area contributed by atoms with E-state index >= 15 is 0 Å². The fourth-order valence-corrected chi connectivity index (χ4v) is 0. The van der Waals surface area contributed by atoms with Crippen LogP contribution < -0.4 is 103 Å². The van der Waals surface area contributed by atoms with Gasteiger partial charge in [0, 0.05) is 0 Å². The number of rotatable bonds is 0. The van der Waals surface area contributed by atoms with Gasteiger partial charge in [0.2, 0.25) is 0 Å². The topological polar surface area (TPSA) is 0 Å². The zero-order valence-corrected chi connectivity index (χ0v) is 18.8. The van der Waals surface area contributed by atoms with E-state index in [2.05, 4.69) is 0 Å². The van der Waals surface area contributed by atoms with Crippen LogP contribution >= 0.6 is 64.3 Å². The Bertz CT molecular complexity index is 104. The molecule has 0 unspecified atom stereocenters. The molecule has 0 N–H and O–H groups in total. The van der Waals surface area contributed by atoms with E-state index < -0.39 is 5.62 Å². The molecule has 0 amide bonds. The van der Waals surface area contributed by atoms with Crippen molar-refractivity contribution in [3.63, 3.8) is 0 Å². The molecule has 0 bridgehead atoms. The Kier molecular flexibility index (Phi) is 8.66. The Morgan fingerprint density at radius 1 is 0.500 bits per heavy atom. The van der Waals surface area contributed by atoms with Gasteiger partial charge in [-0.2, -0.15) is 0 Å². The number of hydrogen-bond donors (Lipinski definition) is 0. The molecule has 0 fully saturated rings. The Morgan fingerprint density at radius 2 is 0.500 bits per heavy atom. The van der Waals surface area contributed by atoms with Crippen molar-refractivity contribution in [2.45, 2.75) is 0 Å². The largest absolute Gasteiger partial charge is 1.00 e. The minimum absolute atomic E-state index is 0. The van der Waals surface area contributed by atoms with Gasteiger partial charge in [-0.15, -0.1) is 0 Å². The van der Waals surface area contributed by atoms with Crippen molar-refractivity contribution in [2.75, 3.05) is 0 Å². The maximum absolute atomic E-state index is 6.49. The van der Waals surface area contributed by atoms with Gasteiger partial charge >= 0.3 is 173 Å². The Morgan fingerprint density at radius 3 is 0.500 bits per heavy atom. The first kappa shape index (κ1) is 21.3. The van der Waals surface area contributed by atoms with E-state index in [0.29, 0.717) is 0 Å². The summed E-state index contributed by atoms with van der Waals surface area (Å²) in [5.41, 5.74) is -6.49. The first-order chi connectivity index (χ1) is 2.65. The van der Waals surface area contributed by atoms with Gasteiger partial charge in [-0.25, -0.2) is 0 Å². The van der Waals surface area contributed by atoms with Crippen LogP contribution in [0.3, 0.4) is 0 Å². The molecule has 0 aromatic heterocycles. The smallest absolute Gasteiger partial charge is 1.00 e. The second-order valence-corrected chi connectivity index (χ2v) is 71.4. The maximum Gasteiger partial charge on any atom is 1.00 e. The van der Waals surface area contributed by atoms with Gasteiger partial charge in [0.1, 0.15) is 0 Å². The first-order valence-corrected chi connectivity index (χ1v) is 21.0. The van der Waals surface area contributed by atoms with Gasteiger partial charge < -0.3 is 0 Å². The fourth-order valence-electron chi connectivity index (χ4n) is 0. The van der Waals surface area contributed by atoms with Crippen LogP contribution in [0.25, 0.3) is 0 Å². The predicted octanol–water partition coefficient (Wildman–Crippen LogP) is -1.17. The summed E-state index contributed by atoms with van der Waals surface area (Å²) in [4.78, 5) is 0. The van der Waals surface area contributed by atoms with Crippen molar-refractivity contribution in [1.29, 1.82) is 0 Å². The standard InChI is InChI=1S/7ClH.2K.Nb/h7*1H;;;/q;;;;;;;2*+1;+5/p-7. The third-order valence-corrected chi connectivity index (χ3v) is 0. The molecule has 0 aromatic carbocycles. The van der Waals surface area contributed by atoms with Gasteiger partial charge in [-0.3, -0.25) is 0 Å². The Labute approximate surface area is 167 Å². The average Bonchev–Trinajstić information content (AvgIpc) is 0.544. The normalized spacial score (nSPS) is 21.7. The van der Waals surface area contributed by atoms with Crippen LogP contribution in [0, 0.1) is 0 Å². The van der Waals surface area contributed by atoms with Crippen LogP contribution in [0.5, 0.6) is 0 Å². The van der Waals surface area contributed by atoms with Crippen molar-refractivity contribution in [3.8, 4) is 0 Å². The van der Waals surface area contributed by atoms with Gasteiger partial charge in [-0.1, -0.05) is 0 Å². The minimum Gasteiger partial charge on any atom is 1.00 e. The summed E-state index contributed by atoms with van der Waals surface area (Å²) in [6, 6.07) is 0. The van der Waals surface area contributed by atoms with E-state index in [1.54, 1.807) is 0 Å². The molecule has 10 heteroatoms. The molecule has 0 aliphatic rings. The quantitative estimate of drug-likeness (QED) is 0.435. The second kappa shape index (κ2) is 4.06. The number of hydrogen-bond acceptors (Lipinski definition) is 0.